The Kier molecular flexibility index (Phi) is 6.40. The Bertz CT molecular complexity index is 677. The van der Waals surface area contributed by atoms with Crippen molar-refractivity contribution in [1.29, 1.82) is 0 Å². The summed E-state index contributed by atoms with van der Waals surface area (Å²) in [6.45, 7) is 1.19. The number of methoxy groups -OCH3 is 1. The van der Waals surface area contributed by atoms with E-state index in [9.17, 15) is 4.79 Å². The molecule has 0 atom stereocenters. The zero-order chi connectivity index (χ0) is 16.7. The molecule has 0 spiro atoms. The first-order valence-corrected chi connectivity index (χ1v) is 7.53. The third-order valence-electron chi connectivity index (χ3n) is 3.15. The van der Waals surface area contributed by atoms with E-state index in [1.165, 1.54) is 0 Å². The number of carbonyl (C=O) groups excluding carboxylic acids is 1. The Morgan fingerprint density at radius 3 is 2.78 bits per heavy atom. The van der Waals surface area contributed by atoms with Gasteiger partial charge in [-0.3, -0.25) is 4.79 Å². The molecule has 6 heteroatoms. The number of hydrogen-bond acceptors (Lipinski definition) is 4. The minimum absolute atomic E-state index is 0.297. The highest BCUT2D eigenvalue weighted by molar-refractivity contribution is 6.31. The summed E-state index contributed by atoms with van der Waals surface area (Å²) < 4.78 is 10.5. The first-order valence-electron chi connectivity index (χ1n) is 7.15. The predicted molar refractivity (Wildman–Crippen MR) is 91.1 cm³/mol. The topological polar surface area (TPSA) is 73.6 Å². The van der Waals surface area contributed by atoms with Gasteiger partial charge in [0.05, 0.1) is 12.2 Å². The van der Waals surface area contributed by atoms with Gasteiger partial charge in [-0.05, 0) is 35.9 Å². The quantitative estimate of drug-likeness (QED) is 0.763. The molecule has 2 aromatic carbocycles. The molecule has 5 nitrogen and oxygen atoms in total. The number of carbonyl (C=O) groups is 1. The van der Waals surface area contributed by atoms with E-state index in [1.54, 1.807) is 31.4 Å². The molecule has 23 heavy (non-hydrogen) atoms. The second kappa shape index (κ2) is 8.53. The molecule has 3 N–H and O–H groups in total. The van der Waals surface area contributed by atoms with Gasteiger partial charge in [-0.25, -0.2) is 0 Å². The van der Waals surface area contributed by atoms with E-state index in [4.69, 9.17) is 26.8 Å². The van der Waals surface area contributed by atoms with E-state index in [2.05, 4.69) is 5.32 Å². The second-order valence-electron chi connectivity index (χ2n) is 4.84. The normalized spacial score (nSPS) is 10.4. The minimum Gasteiger partial charge on any atom is -0.490 e. The fourth-order valence-corrected chi connectivity index (χ4v) is 2.19. The highest BCUT2D eigenvalue weighted by atomic mass is 35.5. The van der Waals surface area contributed by atoms with Crippen LogP contribution in [0.2, 0.25) is 5.02 Å². The Labute approximate surface area is 140 Å². The number of ether oxygens (including phenoxy) is 2. The van der Waals surface area contributed by atoms with E-state index in [0.29, 0.717) is 41.8 Å². The maximum absolute atomic E-state index is 12.5. The number of amides is 1. The number of rotatable bonds is 7. The standard InChI is InChI=1S/C17H19ClN2O3/c1-22-7-8-23-16-6-5-13(18)10-15(16)17(21)20-14-4-2-3-12(9-14)11-19/h2-6,9-10H,7-8,11,19H2,1H3,(H,20,21). The van der Waals surface area contributed by atoms with Crippen LogP contribution in [0, 0.1) is 0 Å². The van der Waals surface area contributed by atoms with Crippen LogP contribution in [0.4, 0.5) is 5.69 Å². The Hall–Kier alpha value is -2.08. The van der Waals surface area contributed by atoms with Crippen LogP contribution in [-0.4, -0.2) is 26.2 Å². The molecule has 0 saturated carbocycles. The molecule has 0 aromatic heterocycles. The molecule has 0 saturated heterocycles. The molecule has 0 unspecified atom stereocenters. The second-order valence-corrected chi connectivity index (χ2v) is 5.28. The lowest BCUT2D eigenvalue weighted by Gasteiger charge is -2.12. The molecule has 0 radical (unpaired) electrons. The monoisotopic (exact) mass is 334 g/mol. The molecule has 0 aliphatic rings. The van der Waals surface area contributed by atoms with Crippen LogP contribution < -0.4 is 15.8 Å². The fraction of sp³-hybridized carbons (Fsp3) is 0.235. The van der Waals surface area contributed by atoms with Crippen LogP contribution in [0.1, 0.15) is 15.9 Å². The lowest BCUT2D eigenvalue weighted by atomic mass is 10.1. The molecule has 0 fully saturated rings. The SMILES string of the molecule is COCCOc1ccc(Cl)cc1C(=O)Nc1cccc(CN)c1. The maximum Gasteiger partial charge on any atom is 0.259 e. The van der Waals surface area contributed by atoms with Gasteiger partial charge in [0.15, 0.2) is 0 Å². The summed E-state index contributed by atoms with van der Waals surface area (Å²) in [5, 5.41) is 3.29. The highest BCUT2D eigenvalue weighted by Crippen LogP contribution is 2.24. The number of hydrogen-bond donors (Lipinski definition) is 2. The summed E-state index contributed by atoms with van der Waals surface area (Å²) >= 11 is 6.00. The van der Waals surface area contributed by atoms with Crippen LogP contribution in [0.5, 0.6) is 5.75 Å². The Balaban J connectivity index is 2.18. The summed E-state index contributed by atoms with van der Waals surface area (Å²) in [5.41, 5.74) is 7.58. The lowest BCUT2D eigenvalue weighted by Crippen LogP contribution is -2.15. The van der Waals surface area contributed by atoms with Crippen molar-refractivity contribution in [3.8, 4) is 5.75 Å². The smallest absolute Gasteiger partial charge is 0.259 e. The van der Waals surface area contributed by atoms with E-state index >= 15 is 0 Å². The van der Waals surface area contributed by atoms with Crippen LogP contribution in [-0.2, 0) is 11.3 Å². The van der Waals surface area contributed by atoms with Gasteiger partial charge >= 0.3 is 0 Å². The van der Waals surface area contributed by atoms with Gasteiger partial charge in [-0.1, -0.05) is 23.7 Å². The zero-order valence-electron chi connectivity index (χ0n) is 12.8. The van der Waals surface area contributed by atoms with Crippen molar-refractivity contribution in [2.45, 2.75) is 6.54 Å². The van der Waals surface area contributed by atoms with Gasteiger partial charge in [0.1, 0.15) is 12.4 Å². The molecule has 122 valence electrons. The van der Waals surface area contributed by atoms with E-state index < -0.39 is 0 Å². The third-order valence-corrected chi connectivity index (χ3v) is 3.39. The third kappa shape index (κ3) is 4.96. The van der Waals surface area contributed by atoms with Gasteiger partial charge < -0.3 is 20.5 Å². The van der Waals surface area contributed by atoms with Crippen molar-refractivity contribution in [1.82, 2.24) is 0 Å². The molecule has 0 aliphatic carbocycles. The maximum atomic E-state index is 12.5. The van der Waals surface area contributed by atoms with Crippen molar-refractivity contribution >= 4 is 23.2 Å². The van der Waals surface area contributed by atoms with Crippen molar-refractivity contribution in [2.75, 3.05) is 25.6 Å². The van der Waals surface area contributed by atoms with E-state index in [1.807, 2.05) is 18.2 Å². The van der Waals surface area contributed by atoms with Crippen LogP contribution in [0.3, 0.4) is 0 Å². The summed E-state index contributed by atoms with van der Waals surface area (Å²) in [4.78, 5) is 12.5. The summed E-state index contributed by atoms with van der Waals surface area (Å²) in [6.07, 6.45) is 0. The van der Waals surface area contributed by atoms with E-state index in [-0.39, 0.29) is 5.91 Å². The van der Waals surface area contributed by atoms with Gasteiger partial charge in [-0.2, -0.15) is 0 Å². The average molecular weight is 335 g/mol. The molecular weight excluding hydrogens is 316 g/mol. The number of benzene rings is 2. The van der Waals surface area contributed by atoms with Gasteiger partial charge in [0.2, 0.25) is 0 Å². The molecular formula is C17H19ClN2O3. The number of halogens is 1. The summed E-state index contributed by atoms with van der Waals surface area (Å²) in [5.74, 6) is 0.160. The summed E-state index contributed by atoms with van der Waals surface area (Å²) in [7, 11) is 1.59. The number of anilines is 1. The van der Waals surface area contributed by atoms with E-state index in [0.717, 1.165) is 5.56 Å². The van der Waals surface area contributed by atoms with Crippen molar-refractivity contribution in [3.05, 3.63) is 58.6 Å². The first-order chi connectivity index (χ1) is 11.1. The Morgan fingerprint density at radius 2 is 2.04 bits per heavy atom. The molecule has 1 amide bonds. The number of nitrogens with two attached hydrogens (primary N) is 1. The van der Waals surface area contributed by atoms with Crippen molar-refractivity contribution < 1.29 is 14.3 Å². The Morgan fingerprint density at radius 1 is 1.22 bits per heavy atom. The van der Waals surface area contributed by atoms with Crippen LogP contribution >= 0.6 is 11.6 Å². The van der Waals surface area contributed by atoms with Gasteiger partial charge in [0.25, 0.3) is 5.91 Å². The number of nitrogens with one attached hydrogen (secondary N) is 1. The molecule has 0 aliphatic heterocycles. The average Bonchev–Trinajstić information content (AvgIpc) is 2.56. The minimum atomic E-state index is -0.297. The predicted octanol–water partition coefficient (Wildman–Crippen LogP) is 3.08. The zero-order valence-corrected chi connectivity index (χ0v) is 13.6. The van der Waals surface area contributed by atoms with Gasteiger partial charge in [0, 0.05) is 24.4 Å². The largest absolute Gasteiger partial charge is 0.490 e. The molecule has 2 rings (SSSR count). The first kappa shape index (κ1) is 17.3. The van der Waals surface area contributed by atoms with Crippen molar-refractivity contribution in [3.63, 3.8) is 0 Å². The van der Waals surface area contributed by atoms with Gasteiger partial charge in [-0.15, -0.1) is 0 Å². The van der Waals surface area contributed by atoms with Crippen molar-refractivity contribution in [2.24, 2.45) is 5.73 Å². The molecule has 0 bridgehead atoms. The van der Waals surface area contributed by atoms with Crippen LogP contribution in [0.15, 0.2) is 42.5 Å². The molecule has 0 heterocycles. The summed E-state index contributed by atoms with van der Waals surface area (Å²) in [6, 6.07) is 12.3. The molecule has 2 aromatic rings. The lowest BCUT2D eigenvalue weighted by molar-refractivity contribution is 0.101. The fourth-order valence-electron chi connectivity index (χ4n) is 2.01. The van der Waals surface area contributed by atoms with Crippen LogP contribution in [0.25, 0.3) is 0 Å². The highest BCUT2D eigenvalue weighted by Gasteiger charge is 2.14.